The van der Waals surface area contributed by atoms with Gasteiger partial charge in [0.25, 0.3) is 0 Å². The second-order valence-corrected chi connectivity index (χ2v) is 14.1. The quantitative estimate of drug-likeness (QED) is 0.250. The van der Waals surface area contributed by atoms with Crippen LogP contribution in [0, 0.1) is 0 Å². The molecule has 8 heteroatoms. The normalized spacial score (nSPS) is 23.6. The number of halogens is 6. The first kappa shape index (κ1) is 23.3. The number of rotatable bonds is 2. The van der Waals surface area contributed by atoms with Crippen LogP contribution in [0.4, 0.5) is 25.2 Å². The third-order valence-corrected chi connectivity index (χ3v) is 11.4. The molecule has 0 spiro atoms. The summed E-state index contributed by atoms with van der Waals surface area (Å²) in [5.74, 6) is 0.749. The molecule has 5 rings (SSSR count). The van der Waals surface area contributed by atoms with Gasteiger partial charge in [-0.1, -0.05) is 60.7 Å². The molecule has 0 amide bonds. The van der Waals surface area contributed by atoms with Crippen molar-refractivity contribution in [1.29, 1.82) is 0 Å². The molecular formula is C24H24F6P2. The molecule has 172 valence electrons. The summed E-state index contributed by atoms with van der Waals surface area (Å²) in [6.45, 7) is 0. The van der Waals surface area contributed by atoms with Crippen molar-refractivity contribution in [2.45, 2.75) is 37.0 Å². The third-order valence-electron chi connectivity index (χ3n) is 6.35. The van der Waals surface area contributed by atoms with E-state index in [0.29, 0.717) is 0 Å². The fourth-order valence-electron chi connectivity index (χ4n) is 5.36. The first-order valence-corrected chi connectivity index (χ1v) is 14.5. The molecule has 0 N–H and O–H groups in total. The van der Waals surface area contributed by atoms with Gasteiger partial charge in [-0.2, -0.15) is 0 Å². The summed E-state index contributed by atoms with van der Waals surface area (Å²) < 4.78 is 59.2. The molecule has 0 saturated heterocycles. The first-order valence-electron chi connectivity index (χ1n) is 10.5. The SMILES string of the molecule is F[P-](F)(F)(F)(F)F.c1ccc([P+]2(c3ccccc3)Cc3ccccc3C3CCCC32)cc1. The minimum Gasteiger partial charge on any atom is -0.0620 e. The monoisotopic (exact) mass is 488 g/mol. The fraction of sp³-hybridized carbons (Fsp3) is 0.250. The van der Waals surface area contributed by atoms with Crippen molar-refractivity contribution < 1.29 is 25.2 Å². The van der Waals surface area contributed by atoms with Gasteiger partial charge in [-0.3, -0.25) is 0 Å². The van der Waals surface area contributed by atoms with Gasteiger partial charge < -0.3 is 0 Å². The van der Waals surface area contributed by atoms with Crippen molar-refractivity contribution >= 4 is 25.7 Å². The zero-order valence-electron chi connectivity index (χ0n) is 17.2. The van der Waals surface area contributed by atoms with Crippen molar-refractivity contribution in [3.05, 3.63) is 96.1 Å². The Morgan fingerprint density at radius 3 is 1.62 bits per heavy atom. The van der Waals surface area contributed by atoms with E-state index in [1.165, 1.54) is 25.4 Å². The Morgan fingerprint density at radius 2 is 1.09 bits per heavy atom. The predicted molar refractivity (Wildman–Crippen MR) is 123 cm³/mol. The molecule has 2 atom stereocenters. The van der Waals surface area contributed by atoms with Gasteiger partial charge in [-0.05, 0) is 54.7 Å². The van der Waals surface area contributed by atoms with E-state index < -0.39 is 15.1 Å². The molecule has 3 aromatic carbocycles. The van der Waals surface area contributed by atoms with E-state index in [2.05, 4.69) is 84.9 Å². The van der Waals surface area contributed by atoms with Gasteiger partial charge in [-0.25, -0.2) is 0 Å². The summed E-state index contributed by atoms with van der Waals surface area (Å²) in [4.78, 5) is 0. The van der Waals surface area contributed by atoms with Gasteiger partial charge in [0.05, 0.1) is 29.7 Å². The van der Waals surface area contributed by atoms with Gasteiger partial charge in [0.2, 0.25) is 0 Å². The van der Waals surface area contributed by atoms with Gasteiger partial charge in [-0.15, -0.1) is 0 Å². The van der Waals surface area contributed by atoms with E-state index in [9.17, 15) is 25.2 Å². The zero-order chi connectivity index (χ0) is 23.1. The second kappa shape index (κ2) is 7.57. The van der Waals surface area contributed by atoms with E-state index in [-0.39, 0.29) is 0 Å². The number of benzene rings is 3. The second-order valence-electron chi connectivity index (χ2n) is 8.46. The van der Waals surface area contributed by atoms with Gasteiger partial charge in [0, 0.05) is 5.92 Å². The Morgan fingerprint density at radius 1 is 0.625 bits per heavy atom. The number of hydrogen-bond acceptors (Lipinski definition) is 0. The largest absolute Gasteiger partial charge is 0.0998 e. The van der Waals surface area contributed by atoms with Crippen LogP contribution in [0.5, 0.6) is 0 Å². The maximum Gasteiger partial charge on any atom is 0.0998 e. The Labute approximate surface area is 184 Å². The minimum atomic E-state index is -10.7. The molecule has 1 heterocycles. The van der Waals surface area contributed by atoms with Crippen LogP contribution in [0.1, 0.15) is 36.3 Å². The van der Waals surface area contributed by atoms with Crippen molar-refractivity contribution in [2.24, 2.45) is 0 Å². The molecular weight excluding hydrogens is 464 g/mol. The van der Waals surface area contributed by atoms with Crippen LogP contribution in [-0.4, -0.2) is 5.66 Å². The van der Waals surface area contributed by atoms with E-state index in [1.54, 1.807) is 21.7 Å². The van der Waals surface area contributed by atoms with E-state index >= 15 is 0 Å². The standard InChI is InChI=1S/C24H24P.F6P/c1-3-11-20(12-4-1)25(21-13-5-2-6-14-21)18-19-10-7-8-15-22(19)23-16-9-17-24(23)25;1-7(2,3,4,5)6/h1-8,10-15,23-24H,9,16-18H2;/q+1;-1. The van der Waals surface area contributed by atoms with Crippen molar-refractivity contribution in [3.8, 4) is 0 Å². The maximum atomic E-state index is 9.87. The van der Waals surface area contributed by atoms with Crippen LogP contribution in [-0.2, 0) is 6.16 Å². The summed E-state index contributed by atoms with van der Waals surface area (Å²) in [5.41, 5.74) is 4.06. The molecule has 0 aromatic heterocycles. The Hall–Kier alpha value is -1.90. The fourth-order valence-corrected chi connectivity index (χ4v) is 10.8. The zero-order valence-corrected chi connectivity index (χ0v) is 19.0. The molecule has 2 aliphatic rings. The Balaban J connectivity index is 0.000000307. The van der Waals surface area contributed by atoms with Crippen LogP contribution in [0.3, 0.4) is 0 Å². The minimum absolute atomic E-state index is 0.749. The summed E-state index contributed by atoms with van der Waals surface area (Å²) in [5, 5.41) is 3.21. The third kappa shape index (κ3) is 5.35. The van der Waals surface area contributed by atoms with Crippen molar-refractivity contribution in [2.75, 3.05) is 0 Å². The van der Waals surface area contributed by atoms with Crippen LogP contribution in [0.25, 0.3) is 0 Å². The molecule has 1 saturated carbocycles. The molecule has 2 unspecified atom stereocenters. The van der Waals surface area contributed by atoms with E-state index in [4.69, 9.17) is 0 Å². The summed E-state index contributed by atoms with van der Waals surface area (Å²) in [6, 6.07) is 32.2. The summed E-state index contributed by atoms with van der Waals surface area (Å²) >= 11 is 0. The molecule has 0 bridgehead atoms. The Bertz CT molecular complexity index is 1030. The van der Waals surface area contributed by atoms with Crippen molar-refractivity contribution in [1.82, 2.24) is 0 Å². The van der Waals surface area contributed by atoms with Crippen LogP contribution in [0.2, 0.25) is 0 Å². The maximum absolute atomic E-state index is 10.7. The van der Waals surface area contributed by atoms with Gasteiger partial charge in [0.1, 0.15) is 0 Å². The molecule has 32 heavy (non-hydrogen) atoms. The van der Waals surface area contributed by atoms with Gasteiger partial charge in [0.15, 0.2) is 0 Å². The summed E-state index contributed by atoms with van der Waals surface area (Å²) in [7, 11) is -12.1. The van der Waals surface area contributed by atoms with E-state index in [1.807, 2.05) is 0 Å². The van der Waals surface area contributed by atoms with Gasteiger partial charge >= 0.3 is 33.0 Å². The van der Waals surface area contributed by atoms with Crippen LogP contribution in [0.15, 0.2) is 84.9 Å². The molecule has 0 nitrogen and oxygen atoms in total. The number of fused-ring (bicyclic) bond motifs is 3. The smallest absolute Gasteiger partial charge is 0.0620 e. The molecule has 1 aliphatic heterocycles. The molecule has 0 radical (unpaired) electrons. The first-order chi connectivity index (χ1) is 14.8. The Kier molecular flexibility index (Phi) is 5.50. The van der Waals surface area contributed by atoms with Crippen molar-refractivity contribution in [3.63, 3.8) is 0 Å². The molecule has 1 aliphatic carbocycles. The van der Waals surface area contributed by atoms with Crippen LogP contribution >= 0.6 is 15.1 Å². The molecule has 3 aromatic rings. The topological polar surface area (TPSA) is 0 Å². The molecule has 1 fully saturated rings. The predicted octanol–water partition coefficient (Wildman–Crippen LogP) is 8.89. The van der Waals surface area contributed by atoms with Crippen LogP contribution < -0.4 is 10.6 Å². The van der Waals surface area contributed by atoms with E-state index in [0.717, 1.165) is 11.6 Å². The number of hydrogen-bond donors (Lipinski definition) is 0. The summed E-state index contributed by atoms with van der Waals surface area (Å²) in [6.07, 6.45) is 5.36. The average Bonchev–Trinajstić information content (AvgIpc) is 3.23. The average molecular weight is 488 g/mol.